The van der Waals surface area contributed by atoms with E-state index in [4.69, 9.17) is 0 Å². The summed E-state index contributed by atoms with van der Waals surface area (Å²) in [5.74, 6) is 2.02. The van der Waals surface area contributed by atoms with Crippen molar-refractivity contribution in [2.24, 2.45) is 17.3 Å². The number of hydrogen-bond acceptors (Lipinski definition) is 2. The Morgan fingerprint density at radius 2 is 1.88 bits per heavy atom. The van der Waals surface area contributed by atoms with Crippen LogP contribution in [0.15, 0.2) is 34.4 Å². The normalized spacial score (nSPS) is 31.8. The molecule has 26 heavy (non-hydrogen) atoms. The minimum absolute atomic E-state index is 0.207. The lowest BCUT2D eigenvalue weighted by Crippen LogP contribution is -2.34. The van der Waals surface area contributed by atoms with E-state index in [1.165, 1.54) is 31.3 Å². The van der Waals surface area contributed by atoms with Crippen molar-refractivity contribution >= 4 is 12.1 Å². The maximum Gasteiger partial charge on any atom is 0.155 e. The molecule has 0 spiro atoms. The average molecular weight is 357 g/mol. The number of carbonyl (C=O) groups excluding carboxylic acids is 2. The molecular weight excluding hydrogens is 320 g/mol. The highest BCUT2D eigenvalue weighted by Crippen LogP contribution is 2.57. The summed E-state index contributed by atoms with van der Waals surface area (Å²) in [5.41, 5.74) is 6.71. The maximum absolute atomic E-state index is 11.7. The third-order valence-corrected chi connectivity index (χ3v) is 6.61. The average Bonchev–Trinajstić information content (AvgIpc) is 3.05. The second-order valence-corrected chi connectivity index (χ2v) is 8.02. The molecule has 2 heteroatoms. The highest BCUT2D eigenvalue weighted by Gasteiger charge is 2.44. The Labute approximate surface area is 159 Å². The molecule has 0 aromatic carbocycles. The smallest absolute Gasteiger partial charge is 0.155 e. The summed E-state index contributed by atoms with van der Waals surface area (Å²) in [6.07, 6.45) is 14.0. The molecule has 0 fully saturated rings. The van der Waals surface area contributed by atoms with Gasteiger partial charge >= 0.3 is 0 Å². The zero-order chi connectivity index (χ0) is 19.3. The van der Waals surface area contributed by atoms with Gasteiger partial charge in [0.25, 0.3) is 0 Å². The number of carbonyl (C=O) groups is 2. The minimum atomic E-state index is 0.207. The number of rotatable bonds is 1. The predicted octanol–water partition coefficient (Wildman–Crippen LogP) is 6.37. The van der Waals surface area contributed by atoms with Crippen molar-refractivity contribution in [2.75, 3.05) is 0 Å². The monoisotopic (exact) mass is 356 g/mol. The predicted molar refractivity (Wildman–Crippen MR) is 109 cm³/mol. The summed E-state index contributed by atoms with van der Waals surface area (Å²) >= 11 is 0. The van der Waals surface area contributed by atoms with Crippen LogP contribution >= 0.6 is 0 Å². The van der Waals surface area contributed by atoms with Gasteiger partial charge in [-0.2, -0.15) is 0 Å². The van der Waals surface area contributed by atoms with Crippen LogP contribution in [0.25, 0.3) is 0 Å². The minimum Gasteiger partial charge on any atom is -0.303 e. The van der Waals surface area contributed by atoms with E-state index < -0.39 is 0 Å². The molecule has 0 aliphatic heterocycles. The Balaban J connectivity index is 0.000000361. The fourth-order valence-electron chi connectivity index (χ4n) is 5.16. The van der Waals surface area contributed by atoms with Crippen LogP contribution in [0, 0.1) is 17.3 Å². The van der Waals surface area contributed by atoms with E-state index in [0.717, 1.165) is 37.4 Å². The third kappa shape index (κ3) is 3.80. The third-order valence-electron chi connectivity index (χ3n) is 6.61. The molecular formula is C24H36O2. The Morgan fingerprint density at radius 1 is 1.19 bits per heavy atom. The van der Waals surface area contributed by atoms with Crippen molar-refractivity contribution in [3.8, 4) is 0 Å². The molecule has 0 heterocycles. The fourth-order valence-corrected chi connectivity index (χ4v) is 5.16. The number of allylic oxidation sites excluding steroid dienone is 6. The van der Waals surface area contributed by atoms with Crippen molar-refractivity contribution in [2.45, 2.75) is 86.0 Å². The number of aldehydes is 1. The first-order valence-corrected chi connectivity index (χ1v) is 10.6. The molecule has 3 atom stereocenters. The molecule has 0 amide bonds. The van der Waals surface area contributed by atoms with E-state index in [0.29, 0.717) is 12.2 Å². The van der Waals surface area contributed by atoms with E-state index in [2.05, 4.69) is 19.9 Å². The van der Waals surface area contributed by atoms with Gasteiger partial charge in [-0.05, 0) is 67.6 Å². The Bertz CT molecular complexity index is 635. The summed E-state index contributed by atoms with van der Waals surface area (Å²) in [7, 11) is 0. The summed E-state index contributed by atoms with van der Waals surface area (Å²) in [5, 5.41) is 0. The van der Waals surface area contributed by atoms with Gasteiger partial charge in [0.15, 0.2) is 5.78 Å². The van der Waals surface area contributed by atoms with Crippen molar-refractivity contribution < 1.29 is 9.59 Å². The highest BCUT2D eigenvalue weighted by molar-refractivity contribution is 5.92. The molecule has 0 saturated heterocycles. The SMILES string of the molecule is CC.CC1CC=C2C3=C(CCC21)C1(C)CCC(=O)C=C1CC3.CCC=O. The van der Waals surface area contributed by atoms with Crippen molar-refractivity contribution in [1.82, 2.24) is 0 Å². The molecule has 0 radical (unpaired) electrons. The Hall–Kier alpha value is -1.44. The van der Waals surface area contributed by atoms with E-state index >= 15 is 0 Å². The maximum atomic E-state index is 11.7. The van der Waals surface area contributed by atoms with Crippen molar-refractivity contribution in [3.05, 3.63) is 34.4 Å². The zero-order valence-electron chi connectivity index (χ0n) is 17.4. The van der Waals surface area contributed by atoms with Crippen LogP contribution in [0.5, 0.6) is 0 Å². The molecule has 4 rings (SSSR count). The molecule has 0 N–H and O–H groups in total. The van der Waals surface area contributed by atoms with Gasteiger partial charge in [-0.3, -0.25) is 4.79 Å². The molecule has 0 aromatic heterocycles. The Kier molecular flexibility index (Phi) is 7.20. The van der Waals surface area contributed by atoms with E-state index in [-0.39, 0.29) is 5.41 Å². The molecule has 0 bridgehead atoms. The quantitative estimate of drug-likeness (QED) is 0.511. The summed E-state index contributed by atoms with van der Waals surface area (Å²) in [6.45, 7) is 10.6. The highest BCUT2D eigenvalue weighted by atomic mass is 16.1. The molecule has 0 aromatic rings. The zero-order valence-corrected chi connectivity index (χ0v) is 17.4. The van der Waals surface area contributed by atoms with Crippen molar-refractivity contribution in [1.29, 1.82) is 0 Å². The lowest BCUT2D eigenvalue weighted by molar-refractivity contribution is -0.115. The molecule has 2 nitrogen and oxygen atoms in total. The van der Waals surface area contributed by atoms with E-state index in [9.17, 15) is 9.59 Å². The second kappa shape index (κ2) is 8.97. The van der Waals surface area contributed by atoms with Crippen LogP contribution in [-0.4, -0.2) is 12.1 Å². The summed E-state index contributed by atoms with van der Waals surface area (Å²) in [4.78, 5) is 20.9. The van der Waals surface area contributed by atoms with Crippen LogP contribution in [-0.2, 0) is 9.59 Å². The molecule has 3 unspecified atom stereocenters. The molecule has 4 aliphatic carbocycles. The van der Waals surface area contributed by atoms with Crippen molar-refractivity contribution in [3.63, 3.8) is 0 Å². The first-order valence-electron chi connectivity index (χ1n) is 10.6. The van der Waals surface area contributed by atoms with E-state index in [1.54, 1.807) is 16.7 Å². The van der Waals surface area contributed by atoms with E-state index in [1.807, 2.05) is 26.8 Å². The van der Waals surface area contributed by atoms with Gasteiger partial charge in [-0.25, -0.2) is 0 Å². The topological polar surface area (TPSA) is 34.1 Å². The van der Waals surface area contributed by atoms with Crippen LogP contribution in [0.1, 0.15) is 86.0 Å². The lowest BCUT2D eigenvalue weighted by atomic mass is 9.58. The van der Waals surface area contributed by atoms with Gasteiger partial charge in [-0.1, -0.05) is 51.8 Å². The first kappa shape index (κ1) is 20.9. The number of hydrogen-bond donors (Lipinski definition) is 0. The lowest BCUT2D eigenvalue weighted by Gasteiger charge is -2.46. The molecule has 144 valence electrons. The van der Waals surface area contributed by atoms with Gasteiger partial charge in [0, 0.05) is 18.3 Å². The van der Waals surface area contributed by atoms with Crippen LogP contribution in [0.4, 0.5) is 0 Å². The summed E-state index contributed by atoms with van der Waals surface area (Å²) < 4.78 is 0. The van der Waals surface area contributed by atoms with Gasteiger partial charge in [0.1, 0.15) is 6.29 Å². The fraction of sp³-hybridized carbons (Fsp3) is 0.667. The van der Waals surface area contributed by atoms with Crippen LogP contribution in [0.2, 0.25) is 0 Å². The standard InChI is InChI=1S/C19H24O.C3H6O.C2H6/c1-12-3-5-16-15(12)7-8-18-17(16)6-4-13-11-14(20)9-10-19(13,18)2;1-2-3-4;1-2/h5,11-12,15H,3-4,6-10H2,1-2H3;3H,2H2,1H3;1-2H3. The van der Waals surface area contributed by atoms with Crippen LogP contribution in [0.3, 0.4) is 0 Å². The molecule has 0 saturated carbocycles. The second-order valence-electron chi connectivity index (χ2n) is 8.02. The molecule has 4 aliphatic rings. The van der Waals surface area contributed by atoms with Gasteiger partial charge in [-0.15, -0.1) is 0 Å². The largest absolute Gasteiger partial charge is 0.303 e. The Morgan fingerprint density at radius 3 is 2.54 bits per heavy atom. The number of fused-ring (bicyclic) bond motifs is 4. The van der Waals surface area contributed by atoms with Crippen LogP contribution < -0.4 is 0 Å². The van der Waals surface area contributed by atoms with Gasteiger partial charge in [0.2, 0.25) is 0 Å². The van der Waals surface area contributed by atoms with Gasteiger partial charge < -0.3 is 4.79 Å². The van der Waals surface area contributed by atoms with Gasteiger partial charge in [0.05, 0.1) is 0 Å². The first-order chi connectivity index (χ1) is 12.5. The summed E-state index contributed by atoms with van der Waals surface area (Å²) in [6, 6.07) is 0. The number of ketones is 1.